The Hall–Kier alpha value is -2.52. The Kier molecular flexibility index (Phi) is 5.24. The Morgan fingerprint density at radius 2 is 2.04 bits per heavy atom. The number of rotatable bonds is 5. The van der Waals surface area contributed by atoms with E-state index in [1.165, 1.54) is 18.3 Å². The first kappa shape index (κ1) is 16.8. The minimum Gasteiger partial charge on any atom is -0.370 e. The smallest absolute Gasteiger partial charge is 0.218 e. The summed E-state index contributed by atoms with van der Waals surface area (Å²) in [5, 5.41) is 5.16. The summed E-state index contributed by atoms with van der Waals surface area (Å²) in [6, 6.07) is 5.57. The van der Waals surface area contributed by atoms with Crippen molar-refractivity contribution < 1.29 is 4.79 Å². The highest BCUT2D eigenvalue weighted by molar-refractivity contribution is 7.13. The average molecular weight is 333 g/mol. The summed E-state index contributed by atoms with van der Waals surface area (Å²) in [6.07, 6.45) is -0.316. The van der Waals surface area contributed by atoms with Crippen molar-refractivity contribution in [1.29, 1.82) is 0 Å². The maximum absolute atomic E-state index is 11.4. The molecule has 1 amide bonds. The quantitative estimate of drug-likeness (QED) is 0.423. The molecule has 0 radical (unpaired) electrons. The highest BCUT2D eigenvalue weighted by Gasteiger charge is 2.17. The Morgan fingerprint density at radius 3 is 2.65 bits per heavy atom. The van der Waals surface area contributed by atoms with Gasteiger partial charge in [-0.15, -0.1) is 11.3 Å². The number of thiazole rings is 1. The molecule has 0 fully saturated rings. The number of hydrogen-bond acceptors (Lipinski definition) is 6. The van der Waals surface area contributed by atoms with Gasteiger partial charge in [-0.25, -0.2) is 9.97 Å². The maximum Gasteiger partial charge on any atom is 0.218 e. The molecule has 9 heteroatoms. The van der Waals surface area contributed by atoms with Gasteiger partial charge in [0.05, 0.1) is 11.4 Å². The number of carbonyl (C=O) groups excluding carboxylic acids is 1. The maximum atomic E-state index is 11.4. The molecule has 2 aromatic rings. The van der Waals surface area contributed by atoms with Gasteiger partial charge in [-0.3, -0.25) is 9.69 Å². The van der Waals surface area contributed by atoms with E-state index in [2.05, 4.69) is 20.3 Å². The molecule has 122 valence electrons. The molecular weight excluding hydrogens is 314 g/mol. The van der Waals surface area contributed by atoms with Crippen molar-refractivity contribution in [1.82, 2.24) is 20.2 Å². The molecule has 1 atom stereocenters. The second-order valence-corrected chi connectivity index (χ2v) is 5.90. The normalized spacial score (nSPS) is 12.0. The van der Waals surface area contributed by atoms with Gasteiger partial charge in [-0.05, 0) is 26.2 Å². The number of nitrogens with one attached hydrogen (secondary N) is 1. The minimum absolute atomic E-state index is 0.0362. The molecule has 0 spiro atoms. The van der Waals surface area contributed by atoms with Crippen LogP contribution in [0.25, 0.3) is 11.4 Å². The lowest BCUT2D eigenvalue weighted by molar-refractivity contribution is -0.120. The fraction of sp³-hybridized carbons (Fsp3) is 0.286. The highest BCUT2D eigenvalue weighted by atomic mass is 32.1. The molecule has 0 aliphatic carbocycles. The molecule has 0 saturated carbocycles. The van der Waals surface area contributed by atoms with E-state index in [-0.39, 0.29) is 18.0 Å². The van der Waals surface area contributed by atoms with Crippen molar-refractivity contribution in [3.05, 3.63) is 29.3 Å². The summed E-state index contributed by atoms with van der Waals surface area (Å²) in [7, 11) is 3.74. The lowest BCUT2D eigenvalue weighted by atomic mass is 10.2. The molecule has 5 N–H and O–H groups in total. The zero-order valence-electron chi connectivity index (χ0n) is 13.1. The second-order valence-electron chi connectivity index (χ2n) is 5.07. The van der Waals surface area contributed by atoms with E-state index in [9.17, 15) is 4.79 Å². The van der Waals surface area contributed by atoms with Crippen LogP contribution in [0.5, 0.6) is 0 Å². The van der Waals surface area contributed by atoms with Crippen LogP contribution in [0, 0.1) is 0 Å². The zero-order chi connectivity index (χ0) is 17.0. The first-order valence-electron chi connectivity index (χ1n) is 6.83. The molecular formula is C14H19N7OS. The molecule has 0 aromatic carbocycles. The van der Waals surface area contributed by atoms with E-state index in [1.807, 2.05) is 42.6 Å². The Bertz CT molecular complexity index is 721. The van der Waals surface area contributed by atoms with Gasteiger partial charge < -0.3 is 16.8 Å². The van der Waals surface area contributed by atoms with E-state index in [0.717, 1.165) is 5.69 Å². The Balaban J connectivity index is 2.33. The fourth-order valence-corrected chi connectivity index (χ4v) is 2.65. The summed E-state index contributed by atoms with van der Waals surface area (Å²) in [5.74, 6) is -0.162. The molecule has 0 aliphatic heterocycles. The summed E-state index contributed by atoms with van der Waals surface area (Å²) >= 11 is 1.33. The number of amides is 1. The lowest BCUT2D eigenvalue weighted by Gasteiger charge is -2.24. The predicted molar refractivity (Wildman–Crippen MR) is 91.1 cm³/mol. The van der Waals surface area contributed by atoms with Gasteiger partial charge in [0.1, 0.15) is 11.9 Å². The molecule has 8 nitrogen and oxygen atoms in total. The van der Waals surface area contributed by atoms with E-state index in [0.29, 0.717) is 16.5 Å². The highest BCUT2D eigenvalue weighted by Crippen LogP contribution is 2.26. The van der Waals surface area contributed by atoms with Crippen LogP contribution in [0.3, 0.4) is 0 Å². The number of aromatic nitrogens is 2. The van der Waals surface area contributed by atoms with E-state index in [1.54, 1.807) is 0 Å². The molecule has 0 aliphatic rings. The summed E-state index contributed by atoms with van der Waals surface area (Å²) in [4.78, 5) is 26.1. The zero-order valence-corrected chi connectivity index (χ0v) is 14.0. The van der Waals surface area contributed by atoms with E-state index >= 15 is 0 Å². The average Bonchev–Trinajstić information content (AvgIpc) is 2.92. The van der Waals surface area contributed by atoms with Crippen molar-refractivity contribution in [2.75, 3.05) is 14.1 Å². The van der Waals surface area contributed by atoms with Gasteiger partial charge in [0.15, 0.2) is 5.96 Å². The van der Waals surface area contributed by atoms with Gasteiger partial charge in [0.25, 0.3) is 0 Å². The molecule has 1 unspecified atom stereocenters. The van der Waals surface area contributed by atoms with Crippen LogP contribution in [-0.4, -0.2) is 40.8 Å². The van der Waals surface area contributed by atoms with Gasteiger partial charge in [-0.2, -0.15) is 4.99 Å². The first-order valence-corrected chi connectivity index (χ1v) is 7.71. The van der Waals surface area contributed by atoms with Crippen LogP contribution in [0.15, 0.2) is 28.6 Å². The summed E-state index contributed by atoms with van der Waals surface area (Å²) < 4.78 is 0. The van der Waals surface area contributed by atoms with Crippen molar-refractivity contribution in [2.45, 2.75) is 13.1 Å². The van der Waals surface area contributed by atoms with Gasteiger partial charge in [0, 0.05) is 12.3 Å². The number of pyridine rings is 1. The molecule has 2 rings (SSSR count). The number of carbonyl (C=O) groups is 1. The standard InChI is InChI=1S/C14H19N7OS/c1-8(22)17-12(21(2)3)10-6-4-5-9(18-10)11-7-23-14(19-11)20-13(15)16/h4-7,12H,1-3H3,(H,17,22)(H4,15,16,19,20). The third-order valence-corrected chi connectivity index (χ3v) is 3.62. The number of nitrogens with zero attached hydrogens (tertiary/aromatic N) is 4. The van der Waals surface area contributed by atoms with Crippen molar-refractivity contribution in [3.63, 3.8) is 0 Å². The molecule has 0 saturated heterocycles. The van der Waals surface area contributed by atoms with Crippen molar-refractivity contribution in [3.8, 4) is 11.4 Å². The van der Waals surface area contributed by atoms with E-state index in [4.69, 9.17) is 11.5 Å². The predicted octanol–water partition coefficient (Wildman–Crippen LogP) is 0.806. The monoisotopic (exact) mass is 333 g/mol. The number of nitrogens with two attached hydrogens (primary N) is 2. The van der Waals surface area contributed by atoms with Crippen LogP contribution in [0.1, 0.15) is 18.8 Å². The van der Waals surface area contributed by atoms with Gasteiger partial charge in [0.2, 0.25) is 11.0 Å². The van der Waals surface area contributed by atoms with Crippen LogP contribution in [0.4, 0.5) is 5.13 Å². The number of hydrogen-bond donors (Lipinski definition) is 3. The Morgan fingerprint density at radius 1 is 1.30 bits per heavy atom. The van der Waals surface area contributed by atoms with Crippen LogP contribution in [0.2, 0.25) is 0 Å². The Labute approximate surface area is 138 Å². The SMILES string of the molecule is CC(=O)NC(c1cccc(-c2csc(N=C(N)N)n2)n1)N(C)C. The largest absolute Gasteiger partial charge is 0.370 e. The third kappa shape index (κ3) is 4.47. The van der Waals surface area contributed by atoms with Gasteiger partial charge >= 0.3 is 0 Å². The van der Waals surface area contributed by atoms with Crippen molar-refractivity contribution in [2.24, 2.45) is 16.5 Å². The first-order chi connectivity index (χ1) is 10.9. The lowest BCUT2D eigenvalue weighted by Crippen LogP contribution is -2.36. The second kappa shape index (κ2) is 7.16. The van der Waals surface area contributed by atoms with E-state index < -0.39 is 0 Å². The van der Waals surface area contributed by atoms with Crippen LogP contribution >= 0.6 is 11.3 Å². The molecule has 2 heterocycles. The minimum atomic E-state index is -0.316. The third-order valence-electron chi connectivity index (χ3n) is 2.89. The summed E-state index contributed by atoms with van der Waals surface area (Å²) in [5.41, 5.74) is 12.8. The van der Waals surface area contributed by atoms with Crippen molar-refractivity contribution >= 4 is 28.3 Å². The fourth-order valence-electron chi connectivity index (χ4n) is 1.95. The molecule has 0 bridgehead atoms. The topological polar surface area (TPSA) is 123 Å². The number of guanidine groups is 1. The number of aliphatic imine (C=N–C) groups is 1. The summed E-state index contributed by atoms with van der Waals surface area (Å²) in [6.45, 7) is 1.47. The van der Waals surface area contributed by atoms with Crippen LogP contribution in [-0.2, 0) is 4.79 Å². The molecule has 23 heavy (non-hydrogen) atoms. The molecule has 2 aromatic heterocycles. The van der Waals surface area contributed by atoms with Crippen LogP contribution < -0.4 is 16.8 Å². The van der Waals surface area contributed by atoms with Gasteiger partial charge in [-0.1, -0.05) is 6.07 Å².